The number of hydrogen-bond acceptors (Lipinski definition) is 5. The summed E-state index contributed by atoms with van der Waals surface area (Å²) in [6.07, 6.45) is 4.34. The van der Waals surface area contributed by atoms with Crippen molar-refractivity contribution in [2.45, 2.75) is 51.2 Å². The number of nitrogens with one attached hydrogen (secondary N) is 1. The second-order valence-corrected chi connectivity index (χ2v) is 9.76. The molecular formula is C19H29LiNO5P. The Hall–Kier alpha value is -0.603. The molecular weight excluding hydrogens is 360 g/mol. The van der Waals surface area contributed by atoms with Gasteiger partial charge in [0.2, 0.25) is 0 Å². The number of hydrogen-bond donors (Lipinski definition) is 3. The Morgan fingerprint density at radius 2 is 2.00 bits per heavy atom. The number of aliphatic hydroxyl groups is 1. The molecule has 3 N–H and O–H groups in total. The van der Waals surface area contributed by atoms with Crippen LogP contribution in [0.1, 0.15) is 61.0 Å². The average molecular weight is 389 g/mol. The molecule has 27 heavy (non-hydrogen) atoms. The summed E-state index contributed by atoms with van der Waals surface area (Å²) in [5.74, 6) is -0.751. The SMILES string of the molecule is CC(NCC(O)CP(=O)([O-])CC1CCCCC1)c1cccc(C(=O)O)c1.[Li+]. The standard InChI is InChI=1S/C19H30NO5P.Li/c1-14(16-8-5-9-17(10-16)19(22)23)20-11-18(21)13-26(24,25)12-15-6-3-2-4-7-15;/h5,8-10,14-15,18,20-21H,2-4,6-7,11-13H2,1H3,(H,22,23)(H,24,25);/q;+1/p-1. The maximum atomic E-state index is 12.3. The molecule has 0 aliphatic heterocycles. The van der Waals surface area contributed by atoms with Crippen molar-refractivity contribution in [3.8, 4) is 0 Å². The van der Waals surface area contributed by atoms with Gasteiger partial charge >= 0.3 is 24.8 Å². The number of carboxylic acid groups (broad SMARTS) is 1. The van der Waals surface area contributed by atoms with Gasteiger partial charge in [0.25, 0.3) is 0 Å². The van der Waals surface area contributed by atoms with Crippen molar-refractivity contribution >= 4 is 13.3 Å². The summed E-state index contributed by atoms with van der Waals surface area (Å²) in [7, 11) is -3.59. The van der Waals surface area contributed by atoms with Crippen molar-refractivity contribution in [1.29, 1.82) is 0 Å². The fourth-order valence-electron chi connectivity index (χ4n) is 3.59. The van der Waals surface area contributed by atoms with E-state index in [-0.39, 0.29) is 55.3 Å². The molecule has 0 heterocycles. The van der Waals surface area contributed by atoms with Crippen LogP contribution in [0.15, 0.2) is 24.3 Å². The molecule has 1 aliphatic rings. The van der Waals surface area contributed by atoms with Gasteiger partial charge in [-0.25, -0.2) is 4.79 Å². The normalized spacial score (nSPS) is 19.5. The van der Waals surface area contributed by atoms with Crippen LogP contribution in [-0.2, 0) is 4.57 Å². The van der Waals surface area contributed by atoms with E-state index in [1.807, 2.05) is 6.92 Å². The van der Waals surface area contributed by atoms with Crippen molar-refractivity contribution in [1.82, 2.24) is 5.32 Å². The molecule has 0 spiro atoms. The predicted molar refractivity (Wildman–Crippen MR) is 99.7 cm³/mol. The molecule has 6 nitrogen and oxygen atoms in total. The Morgan fingerprint density at radius 1 is 1.33 bits per heavy atom. The quantitative estimate of drug-likeness (QED) is 0.392. The van der Waals surface area contributed by atoms with Crippen LogP contribution >= 0.6 is 7.37 Å². The topological polar surface area (TPSA) is 110 Å². The van der Waals surface area contributed by atoms with Gasteiger partial charge in [-0.1, -0.05) is 44.2 Å². The summed E-state index contributed by atoms with van der Waals surface area (Å²) >= 11 is 0. The first-order valence-electron chi connectivity index (χ1n) is 9.30. The number of carbonyl (C=O) groups is 1. The van der Waals surface area contributed by atoms with Crippen LogP contribution < -0.4 is 29.1 Å². The van der Waals surface area contributed by atoms with E-state index < -0.39 is 19.4 Å². The van der Waals surface area contributed by atoms with E-state index >= 15 is 0 Å². The van der Waals surface area contributed by atoms with Gasteiger partial charge in [0, 0.05) is 26.1 Å². The van der Waals surface area contributed by atoms with E-state index in [1.54, 1.807) is 18.2 Å². The third-order valence-corrected chi connectivity index (χ3v) is 7.09. The minimum atomic E-state index is -3.59. The number of rotatable bonds is 9. The summed E-state index contributed by atoms with van der Waals surface area (Å²) in [6, 6.07) is 6.38. The van der Waals surface area contributed by atoms with Gasteiger partial charge in [-0.15, -0.1) is 0 Å². The van der Waals surface area contributed by atoms with Crippen molar-refractivity contribution in [2.24, 2.45) is 5.92 Å². The third-order valence-electron chi connectivity index (χ3n) is 5.04. The fourth-order valence-corrected chi connectivity index (χ4v) is 5.67. The monoisotopic (exact) mass is 389 g/mol. The van der Waals surface area contributed by atoms with E-state index in [2.05, 4.69) is 5.32 Å². The third kappa shape index (κ3) is 8.52. The molecule has 0 bridgehead atoms. The first-order valence-corrected chi connectivity index (χ1v) is 11.3. The van der Waals surface area contributed by atoms with Crippen LogP contribution in [0.2, 0.25) is 0 Å². The number of aliphatic hydroxyl groups excluding tert-OH is 1. The molecule has 3 unspecified atom stereocenters. The second kappa shape index (κ2) is 11.4. The molecule has 1 aliphatic carbocycles. The molecule has 1 saturated carbocycles. The van der Waals surface area contributed by atoms with Crippen LogP contribution in [0, 0.1) is 5.92 Å². The summed E-state index contributed by atoms with van der Waals surface area (Å²) in [5, 5.41) is 22.3. The van der Waals surface area contributed by atoms with Gasteiger partial charge in [0.05, 0.1) is 11.7 Å². The predicted octanol–water partition coefficient (Wildman–Crippen LogP) is -0.381. The summed E-state index contributed by atoms with van der Waals surface area (Å²) < 4.78 is 12.3. The molecule has 1 aromatic rings. The summed E-state index contributed by atoms with van der Waals surface area (Å²) in [4.78, 5) is 23.4. The number of carboxylic acids is 1. The molecule has 3 atom stereocenters. The average Bonchev–Trinajstić information content (AvgIpc) is 2.59. The zero-order chi connectivity index (χ0) is 19.2. The minimum Gasteiger partial charge on any atom is -0.799 e. The molecule has 146 valence electrons. The van der Waals surface area contributed by atoms with E-state index in [4.69, 9.17) is 5.11 Å². The summed E-state index contributed by atoms with van der Waals surface area (Å²) in [6.45, 7) is 2.00. The van der Waals surface area contributed by atoms with Crippen molar-refractivity contribution in [3.63, 3.8) is 0 Å². The fraction of sp³-hybridized carbons (Fsp3) is 0.632. The van der Waals surface area contributed by atoms with Crippen molar-refractivity contribution in [2.75, 3.05) is 18.9 Å². The van der Waals surface area contributed by atoms with Crippen LogP contribution in [0.3, 0.4) is 0 Å². The molecule has 1 fully saturated rings. The Kier molecular flexibility index (Phi) is 10.3. The number of benzene rings is 1. The minimum absolute atomic E-state index is 0. The first-order chi connectivity index (χ1) is 12.3. The van der Waals surface area contributed by atoms with Gasteiger partial charge in [-0.3, -0.25) is 0 Å². The van der Waals surface area contributed by atoms with E-state index in [0.29, 0.717) is 0 Å². The van der Waals surface area contributed by atoms with Gasteiger partial charge < -0.3 is 25.0 Å². The van der Waals surface area contributed by atoms with Gasteiger partial charge in [0.15, 0.2) is 0 Å². The van der Waals surface area contributed by atoms with Crippen LogP contribution in [0.25, 0.3) is 0 Å². The maximum Gasteiger partial charge on any atom is 1.00 e. The molecule has 0 aromatic heterocycles. The molecule has 0 saturated heterocycles. The van der Waals surface area contributed by atoms with E-state index in [9.17, 15) is 19.4 Å². The van der Waals surface area contributed by atoms with Gasteiger partial charge in [0.1, 0.15) is 0 Å². The Morgan fingerprint density at radius 3 is 2.63 bits per heavy atom. The molecule has 1 aromatic carbocycles. The van der Waals surface area contributed by atoms with E-state index in [1.165, 1.54) is 12.5 Å². The molecule has 2 rings (SSSR count). The van der Waals surface area contributed by atoms with Crippen LogP contribution in [0.5, 0.6) is 0 Å². The maximum absolute atomic E-state index is 12.3. The Labute approximate surface area is 173 Å². The first kappa shape index (κ1) is 24.4. The molecule has 8 heteroatoms. The zero-order valence-electron chi connectivity index (χ0n) is 16.3. The molecule has 0 amide bonds. The van der Waals surface area contributed by atoms with Gasteiger partial charge in [-0.05, 0) is 36.7 Å². The van der Waals surface area contributed by atoms with Crippen LogP contribution in [0.4, 0.5) is 0 Å². The smallest absolute Gasteiger partial charge is 0.799 e. The number of aromatic carboxylic acids is 1. The van der Waals surface area contributed by atoms with Crippen molar-refractivity contribution in [3.05, 3.63) is 35.4 Å². The molecule has 0 radical (unpaired) electrons. The summed E-state index contributed by atoms with van der Waals surface area (Å²) in [5.41, 5.74) is 0.984. The van der Waals surface area contributed by atoms with Crippen LogP contribution in [-0.4, -0.2) is 41.2 Å². The van der Waals surface area contributed by atoms with Crippen molar-refractivity contribution < 1.29 is 43.3 Å². The largest absolute Gasteiger partial charge is 1.00 e. The Balaban J connectivity index is 0.00000364. The zero-order valence-corrected chi connectivity index (χ0v) is 17.2. The van der Waals surface area contributed by atoms with E-state index in [0.717, 1.165) is 31.2 Å². The second-order valence-electron chi connectivity index (χ2n) is 7.40. The Bertz CT molecular complexity index is 651. The van der Waals surface area contributed by atoms with Gasteiger partial charge in [-0.2, -0.15) is 0 Å².